The maximum absolute atomic E-state index is 11.5. The van der Waals surface area contributed by atoms with Crippen molar-refractivity contribution >= 4 is 30.0 Å². The second-order valence-corrected chi connectivity index (χ2v) is 5.23. The first-order valence-corrected chi connectivity index (χ1v) is 7.45. The monoisotopic (exact) mass is 348 g/mol. The molecule has 0 unspecified atom stereocenters. The number of carbonyl (C=O) groups is 4. The van der Waals surface area contributed by atoms with E-state index in [9.17, 15) is 19.2 Å². The number of methoxy groups -OCH3 is 1. The average Bonchev–Trinajstić information content (AvgIpc) is 2.57. The number of benzene rings is 1. The molecule has 8 nitrogen and oxygen atoms in total. The molecule has 1 rings (SSSR count). The summed E-state index contributed by atoms with van der Waals surface area (Å²) in [7, 11) is 1.29. The summed E-state index contributed by atoms with van der Waals surface area (Å²) in [5.74, 6) is -1.93. The van der Waals surface area contributed by atoms with Crippen LogP contribution >= 0.6 is 0 Å². The third kappa shape index (κ3) is 7.78. The number of hydrogen-bond donors (Lipinski definition) is 2. The number of carbonyl (C=O) groups excluding carboxylic acids is 4. The Morgan fingerprint density at radius 2 is 1.76 bits per heavy atom. The van der Waals surface area contributed by atoms with E-state index in [4.69, 9.17) is 4.74 Å². The topological polar surface area (TPSA) is 111 Å². The summed E-state index contributed by atoms with van der Waals surface area (Å²) in [6.45, 7) is 2.91. The van der Waals surface area contributed by atoms with Crippen LogP contribution in [0.3, 0.4) is 0 Å². The molecule has 25 heavy (non-hydrogen) atoms. The highest BCUT2D eigenvalue weighted by Crippen LogP contribution is 2.07. The van der Waals surface area contributed by atoms with Crippen molar-refractivity contribution in [1.82, 2.24) is 10.6 Å². The molecule has 0 aliphatic rings. The molecule has 0 radical (unpaired) electrons. The molecular weight excluding hydrogens is 328 g/mol. The van der Waals surface area contributed by atoms with Gasteiger partial charge in [0, 0.05) is 12.1 Å². The lowest BCUT2D eigenvalue weighted by molar-refractivity contribution is -0.143. The van der Waals surface area contributed by atoms with Gasteiger partial charge in [-0.3, -0.25) is 10.1 Å². The van der Waals surface area contributed by atoms with Crippen molar-refractivity contribution in [3.05, 3.63) is 41.5 Å². The number of urea groups is 1. The maximum atomic E-state index is 11.5. The van der Waals surface area contributed by atoms with E-state index >= 15 is 0 Å². The Morgan fingerprint density at radius 1 is 1.12 bits per heavy atom. The van der Waals surface area contributed by atoms with Crippen molar-refractivity contribution in [2.75, 3.05) is 13.7 Å². The number of rotatable bonds is 6. The van der Waals surface area contributed by atoms with Gasteiger partial charge in [-0.15, -0.1) is 0 Å². The van der Waals surface area contributed by atoms with E-state index in [0.29, 0.717) is 11.1 Å². The lowest BCUT2D eigenvalue weighted by atomic mass is 10.1. The maximum Gasteiger partial charge on any atom is 0.337 e. The van der Waals surface area contributed by atoms with Gasteiger partial charge in [-0.05, 0) is 37.6 Å². The van der Waals surface area contributed by atoms with Gasteiger partial charge in [0.25, 0.3) is 5.91 Å². The number of ether oxygens (including phenoxy) is 2. The fourth-order valence-electron chi connectivity index (χ4n) is 1.66. The molecule has 0 aliphatic heterocycles. The van der Waals surface area contributed by atoms with Gasteiger partial charge >= 0.3 is 18.0 Å². The van der Waals surface area contributed by atoms with E-state index in [-0.39, 0.29) is 6.04 Å². The van der Waals surface area contributed by atoms with Crippen LogP contribution in [0.1, 0.15) is 29.8 Å². The standard InChI is InChI=1S/C17H20N2O6/c1-11(2)18-17(23)19-14(20)10-25-15(21)9-6-12-4-7-13(8-5-12)16(22)24-3/h4-9,11H,10H2,1-3H3,(H2,18,19,20,23)/b9-6+. The predicted molar refractivity (Wildman–Crippen MR) is 89.6 cm³/mol. The van der Waals surface area contributed by atoms with E-state index in [1.165, 1.54) is 13.2 Å². The Hall–Kier alpha value is -3.16. The van der Waals surface area contributed by atoms with Crippen molar-refractivity contribution in [3.63, 3.8) is 0 Å². The molecule has 2 N–H and O–H groups in total. The van der Waals surface area contributed by atoms with E-state index in [2.05, 4.69) is 10.1 Å². The van der Waals surface area contributed by atoms with Crippen molar-refractivity contribution < 1.29 is 28.7 Å². The fraction of sp³-hybridized carbons (Fsp3) is 0.294. The number of nitrogens with one attached hydrogen (secondary N) is 2. The zero-order valence-electron chi connectivity index (χ0n) is 14.2. The van der Waals surface area contributed by atoms with Gasteiger partial charge in [0.05, 0.1) is 12.7 Å². The minimum Gasteiger partial charge on any atom is -0.465 e. The Kier molecular flexibility index (Phi) is 7.85. The number of amides is 3. The molecule has 0 atom stereocenters. The third-order valence-corrected chi connectivity index (χ3v) is 2.76. The summed E-state index contributed by atoms with van der Waals surface area (Å²) < 4.78 is 9.30. The highest BCUT2D eigenvalue weighted by atomic mass is 16.5. The number of esters is 2. The van der Waals surface area contributed by atoms with Crippen LogP contribution in [-0.4, -0.2) is 43.6 Å². The van der Waals surface area contributed by atoms with Crippen LogP contribution in [0.15, 0.2) is 30.3 Å². The second kappa shape index (κ2) is 9.86. The molecule has 0 saturated heterocycles. The molecule has 0 saturated carbocycles. The van der Waals surface area contributed by atoms with Gasteiger partial charge in [-0.1, -0.05) is 12.1 Å². The van der Waals surface area contributed by atoms with Crippen LogP contribution in [0.25, 0.3) is 6.08 Å². The molecule has 8 heteroatoms. The molecule has 0 aliphatic carbocycles. The van der Waals surface area contributed by atoms with E-state index in [1.807, 2.05) is 5.32 Å². The normalized spacial score (nSPS) is 10.4. The number of imide groups is 1. The Morgan fingerprint density at radius 3 is 2.32 bits per heavy atom. The van der Waals surface area contributed by atoms with E-state index in [0.717, 1.165) is 6.08 Å². The molecule has 0 aromatic heterocycles. The third-order valence-electron chi connectivity index (χ3n) is 2.76. The van der Waals surface area contributed by atoms with Gasteiger partial charge in [0.1, 0.15) is 0 Å². The van der Waals surface area contributed by atoms with Gasteiger partial charge in [-0.2, -0.15) is 0 Å². The van der Waals surface area contributed by atoms with Crippen molar-refractivity contribution in [2.24, 2.45) is 0 Å². The lowest BCUT2D eigenvalue weighted by Gasteiger charge is -2.08. The minimum absolute atomic E-state index is 0.121. The van der Waals surface area contributed by atoms with Gasteiger partial charge in [0.15, 0.2) is 6.61 Å². The minimum atomic E-state index is -0.739. The number of hydrogen-bond acceptors (Lipinski definition) is 6. The Labute approximate surface area is 145 Å². The van der Waals surface area contributed by atoms with Crippen LogP contribution in [0.4, 0.5) is 4.79 Å². The first-order valence-electron chi connectivity index (χ1n) is 7.45. The highest BCUT2D eigenvalue weighted by Gasteiger charge is 2.10. The van der Waals surface area contributed by atoms with Gasteiger partial charge < -0.3 is 14.8 Å². The molecular formula is C17H20N2O6. The van der Waals surface area contributed by atoms with Crippen LogP contribution in [-0.2, 0) is 19.1 Å². The summed E-state index contributed by atoms with van der Waals surface area (Å²) >= 11 is 0. The summed E-state index contributed by atoms with van der Waals surface area (Å²) in [4.78, 5) is 45.5. The summed E-state index contributed by atoms with van der Waals surface area (Å²) in [6, 6.07) is 5.58. The van der Waals surface area contributed by atoms with Crippen molar-refractivity contribution in [3.8, 4) is 0 Å². The average molecular weight is 348 g/mol. The zero-order chi connectivity index (χ0) is 18.8. The summed E-state index contributed by atoms with van der Waals surface area (Å²) in [6.07, 6.45) is 2.60. The van der Waals surface area contributed by atoms with Gasteiger partial charge in [0.2, 0.25) is 0 Å². The predicted octanol–water partition coefficient (Wildman–Crippen LogP) is 1.26. The SMILES string of the molecule is COC(=O)c1ccc(/C=C/C(=O)OCC(=O)NC(=O)NC(C)C)cc1. The lowest BCUT2D eigenvalue weighted by Crippen LogP contribution is -2.43. The molecule has 0 fully saturated rings. The van der Waals surface area contributed by atoms with E-state index < -0.39 is 30.5 Å². The van der Waals surface area contributed by atoms with Crippen LogP contribution in [0, 0.1) is 0 Å². The molecule has 134 valence electrons. The molecule has 3 amide bonds. The Balaban J connectivity index is 2.43. The summed E-state index contributed by atoms with van der Waals surface area (Å²) in [5.41, 5.74) is 1.05. The van der Waals surface area contributed by atoms with Crippen LogP contribution < -0.4 is 10.6 Å². The quantitative estimate of drug-likeness (QED) is 0.591. The molecule has 1 aromatic carbocycles. The van der Waals surface area contributed by atoms with Crippen molar-refractivity contribution in [1.29, 1.82) is 0 Å². The molecule has 0 spiro atoms. The highest BCUT2D eigenvalue weighted by molar-refractivity contribution is 5.96. The van der Waals surface area contributed by atoms with E-state index in [1.54, 1.807) is 38.1 Å². The summed E-state index contributed by atoms with van der Waals surface area (Å²) in [5, 5.41) is 4.49. The largest absolute Gasteiger partial charge is 0.465 e. The van der Waals surface area contributed by atoms with Gasteiger partial charge in [-0.25, -0.2) is 14.4 Å². The molecule has 1 aromatic rings. The first kappa shape index (κ1) is 19.9. The van der Waals surface area contributed by atoms with Crippen LogP contribution in [0.5, 0.6) is 0 Å². The smallest absolute Gasteiger partial charge is 0.337 e. The zero-order valence-corrected chi connectivity index (χ0v) is 14.2. The fourth-order valence-corrected chi connectivity index (χ4v) is 1.66. The molecule has 0 bridgehead atoms. The second-order valence-electron chi connectivity index (χ2n) is 5.23. The first-order chi connectivity index (χ1) is 11.8. The Bertz CT molecular complexity index is 664. The van der Waals surface area contributed by atoms with Crippen molar-refractivity contribution in [2.45, 2.75) is 19.9 Å². The molecule has 0 heterocycles. The van der Waals surface area contributed by atoms with Crippen LogP contribution in [0.2, 0.25) is 0 Å².